The van der Waals surface area contributed by atoms with Gasteiger partial charge < -0.3 is 18.5 Å². The summed E-state index contributed by atoms with van der Waals surface area (Å²) in [6.45, 7) is 0.754. The van der Waals surface area contributed by atoms with Crippen molar-refractivity contribution in [1.82, 2.24) is 18.7 Å². The molecule has 1 aromatic carbocycles. The van der Waals surface area contributed by atoms with Gasteiger partial charge in [0.1, 0.15) is 11.6 Å². The van der Waals surface area contributed by atoms with Crippen molar-refractivity contribution in [2.24, 2.45) is 0 Å². The first-order valence-electron chi connectivity index (χ1n) is 10.7. The van der Waals surface area contributed by atoms with Crippen molar-refractivity contribution in [3.8, 4) is 5.69 Å². The molecule has 4 heterocycles. The molecule has 0 bridgehead atoms. The molecule has 0 radical (unpaired) electrons. The van der Waals surface area contributed by atoms with Gasteiger partial charge in [0.2, 0.25) is 5.76 Å². The number of fused-ring (bicyclic) bond motifs is 1. The molecule has 11 heteroatoms. The van der Waals surface area contributed by atoms with E-state index in [0.717, 1.165) is 17.4 Å². The van der Waals surface area contributed by atoms with Crippen LogP contribution in [0.4, 0.5) is 4.39 Å². The molecule has 1 saturated heterocycles. The molecular weight excluding hydrogens is 447 g/mol. The Bertz CT molecular complexity index is 1470. The van der Waals surface area contributed by atoms with Gasteiger partial charge in [-0.3, -0.25) is 9.36 Å². The quantitative estimate of drug-likeness (QED) is 0.399. The second kappa shape index (κ2) is 8.75. The molecule has 4 aromatic rings. The zero-order valence-corrected chi connectivity index (χ0v) is 18.3. The Hall–Kier alpha value is -3.99. The zero-order chi connectivity index (χ0) is 23.8. The third-order valence-corrected chi connectivity index (χ3v) is 5.77. The van der Waals surface area contributed by atoms with E-state index in [4.69, 9.17) is 9.15 Å². The van der Waals surface area contributed by atoms with Crippen LogP contribution in [0.1, 0.15) is 29.2 Å². The summed E-state index contributed by atoms with van der Waals surface area (Å²) >= 11 is 0. The van der Waals surface area contributed by atoms with Crippen molar-refractivity contribution in [2.75, 3.05) is 13.7 Å². The first-order valence-corrected chi connectivity index (χ1v) is 10.7. The standard InChI is InChI=1S/C23H21FN4O6/c1-32-22(30)18-9-8-17(34-18)11-26-13-25-20-19(26)21(29)27(12-16-3-2-10-33-16)23(31)28(20)15-6-4-14(24)5-7-15/h4-9,13,16H,2-3,10-12H2,1H3/t16-/m0/s1. The highest BCUT2D eigenvalue weighted by Crippen LogP contribution is 2.18. The molecule has 10 nitrogen and oxygen atoms in total. The normalized spacial score (nSPS) is 15.8. The number of aromatic nitrogens is 4. The van der Waals surface area contributed by atoms with E-state index < -0.39 is 23.0 Å². The maximum absolute atomic E-state index is 13.5. The van der Waals surface area contributed by atoms with Crippen LogP contribution in [-0.4, -0.2) is 44.5 Å². The molecule has 3 aromatic heterocycles. The van der Waals surface area contributed by atoms with Gasteiger partial charge in [0.15, 0.2) is 11.2 Å². The van der Waals surface area contributed by atoms with Gasteiger partial charge in [-0.1, -0.05) is 0 Å². The van der Waals surface area contributed by atoms with Crippen LogP contribution < -0.4 is 11.2 Å². The third kappa shape index (κ3) is 3.83. The number of imidazole rings is 1. The maximum Gasteiger partial charge on any atom is 0.373 e. The smallest absolute Gasteiger partial charge is 0.373 e. The first kappa shape index (κ1) is 21.8. The SMILES string of the molecule is COC(=O)c1ccc(Cn2cnc3c2c(=O)n(C[C@@H]2CCCO2)c(=O)n3-c2ccc(F)cc2)o1. The van der Waals surface area contributed by atoms with Crippen molar-refractivity contribution in [2.45, 2.75) is 32.0 Å². The van der Waals surface area contributed by atoms with Gasteiger partial charge in [-0.05, 0) is 49.2 Å². The monoisotopic (exact) mass is 468 g/mol. The van der Waals surface area contributed by atoms with Crippen molar-refractivity contribution < 1.29 is 23.1 Å². The van der Waals surface area contributed by atoms with Crippen LogP contribution in [0.3, 0.4) is 0 Å². The Balaban J connectivity index is 1.66. The Labute approximate surface area is 191 Å². The van der Waals surface area contributed by atoms with Crippen LogP contribution in [0, 0.1) is 5.82 Å². The van der Waals surface area contributed by atoms with Gasteiger partial charge in [0.05, 0.1) is 38.3 Å². The molecule has 0 spiro atoms. The Morgan fingerprint density at radius 2 is 2.00 bits per heavy atom. The van der Waals surface area contributed by atoms with Gasteiger partial charge in [0, 0.05) is 6.61 Å². The van der Waals surface area contributed by atoms with Crippen molar-refractivity contribution >= 4 is 17.1 Å². The summed E-state index contributed by atoms with van der Waals surface area (Å²) < 4.78 is 33.3. The maximum atomic E-state index is 13.5. The lowest BCUT2D eigenvalue weighted by molar-refractivity contribution is 0.0563. The van der Waals surface area contributed by atoms with E-state index in [1.165, 1.54) is 48.3 Å². The number of benzene rings is 1. The number of carbonyl (C=O) groups excluding carboxylic acids is 1. The average Bonchev–Trinajstić information content (AvgIpc) is 3.59. The van der Waals surface area contributed by atoms with Crippen molar-refractivity contribution in [1.29, 1.82) is 0 Å². The van der Waals surface area contributed by atoms with E-state index in [1.54, 1.807) is 10.6 Å². The highest BCUT2D eigenvalue weighted by Gasteiger charge is 2.24. The highest BCUT2D eigenvalue weighted by atomic mass is 19.1. The van der Waals surface area contributed by atoms with Crippen molar-refractivity contribution in [3.05, 3.63) is 80.9 Å². The molecule has 34 heavy (non-hydrogen) atoms. The fourth-order valence-corrected chi connectivity index (χ4v) is 4.12. The predicted octanol–water partition coefficient (Wildman–Crippen LogP) is 2.09. The molecule has 0 saturated carbocycles. The number of methoxy groups -OCH3 is 1. The fraction of sp³-hybridized carbons (Fsp3) is 0.304. The van der Waals surface area contributed by atoms with Crippen LogP contribution in [0.5, 0.6) is 0 Å². The van der Waals surface area contributed by atoms with E-state index in [0.29, 0.717) is 18.1 Å². The Morgan fingerprint density at radius 3 is 2.71 bits per heavy atom. The molecule has 0 N–H and O–H groups in total. The van der Waals surface area contributed by atoms with E-state index in [1.807, 2.05) is 0 Å². The highest BCUT2D eigenvalue weighted by molar-refractivity contribution is 5.86. The first-order chi connectivity index (χ1) is 16.5. The number of furan rings is 1. The lowest BCUT2D eigenvalue weighted by Gasteiger charge is -2.15. The lowest BCUT2D eigenvalue weighted by Crippen LogP contribution is -2.42. The van der Waals surface area contributed by atoms with Gasteiger partial charge >= 0.3 is 11.7 Å². The number of ether oxygens (including phenoxy) is 2. The molecule has 0 amide bonds. The van der Waals surface area contributed by atoms with Crippen LogP contribution in [0.15, 0.2) is 56.7 Å². The van der Waals surface area contributed by atoms with Gasteiger partial charge in [-0.2, -0.15) is 0 Å². The van der Waals surface area contributed by atoms with Crippen LogP contribution in [0.2, 0.25) is 0 Å². The van der Waals surface area contributed by atoms with E-state index in [9.17, 15) is 18.8 Å². The Morgan fingerprint density at radius 1 is 1.21 bits per heavy atom. The summed E-state index contributed by atoms with van der Waals surface area (Å²) in [4.78, 5) is 42.9. The molecule has 1 fully saturated rings. The number of hydrogen-bond donors (Lipinski definition) is 0. The largest absolute Gasteiger partial charge is 0.463 e. The summed E-state index contributed by atoms with van der Waals surface area (Å²) in [7, 11) is 1.25. The number of hydrogen-bond acceptors (Lipinski definition) is 7. The van der Waals surface area contributed by atoms with Crippen molar-refractivity contribution in [3.63, 3.8) is 0 Å². The second-order valence-corrected chi connectivity index (χ2v) is 7.95. The van der Waals surface area contributed by atoms with E-state index in [-0.39, 0.29) is 36.1 Å². The zero-order valence-electron chi connectivity index (χ0n) is 18.3. The molecule has 1 aliphatic rings. The summed E-state index contributed by atoms with van der Waals surface area (Å²) in [5.74, 6) is -0.651. The predicted molar refractivity (Wildman–Crippen MR) is 118 cm³/mol. The number of carbonyl (C=O) groups is 1. The molecular formula is C23H21FN4O6. The van der Waals surface area contributed by atoms with Crippen LogP contribution in [-0.2, 0) is 22.6 Å². The second-order valence-electron chi connectivity index (χ2n) is 7.95. The number of nitrogens with zero attached hydrogens (tertiary/aromatic N) is 4. The molecule has 0 unspecified atom stereocenters. The summed E-state index contributed by atoms with van der Waals surface area (Å²) in [6, 6.07) is 8.44. The van der Waals surface area contributed by atoms with Gasteiger partial charge in [0.25, 0.3) is 5.56 Å². The Kier molecular flexibility index (Phi) is 5.62. The summed E-state index contributed by atoms with van der Waals surface area (Å²) in [5, 5.41) is 0. The van der Waals surface area contributed by atoms with Gasteiger partial charge in [-0.25, -0.2) is 23.5 Å². The van der Waals surface area contributed by atoms with Crippen LogP contribution >= 0.6 is 0 Å². The molecule has 176 valence electrons. The minimum absolute atomic E-state index is 0.0286. The molecule has 0 aliphatic carbocycles. The van der Waals surface area contributed by atoms with E-state index in [2.05, 4.69) is 9.72 Å². The fourth-order valence-electron chi connectivity index (χ4n) is 4.12. The van der Waals surface area contributed by atoms with Crippen LogP contribution in [0.25, 0.3) is 16.9 Å². The number of rotatable bonds is 6. The minimum atomic E-state index is -0.620. The topological polar surface area (TPSA) is 110 Å². The average molecular weight is 468 g/mol. The minimum Gasteiger partial charge on any atom is -0.463 e. The molecule has 5 rings (SSSR count). The number of esters is 1. The summed E-state index contributed by atoms with van der Waals surface area (Å²) in [5.41, 5.74) is -0.446. The lowest BCUT2D eigenvalue weighted by atomic mass is 10.2. The summed E-state index contributed by atoms with van der Waals surface area (Å²) in [6.07, 6.45) is 2.76. The van der Waals surface area contributed by atoms with Gasteiger partial charge in [-0.15, -0.1) is 0 Å². The third-order valence-electron chi connectivity index (χ3n) is 5.77. The molecule has 1 atom stereocenters. The van der Waals surface area contributed by atoms with E-state index >= 15 is 0 Å². The number of halogens is 1. The molecule has 1 aliphatic heterocycles.